The van der Waals surface area contributed by atoms with Crippen LogP contribution in [0.2, 0.25) is 0 Å². The van der Waals surface area contributed by atoms with E-state index in [0.29, 0.717) is 6.61 Å². The van der Waals surface area contributed by atoms with Gasteiger partial charge < -0.3 is 15.0 Å². The zero-order valence-corrected chi connectivity index (χ0v) is 15.0. The molecule has 0 aliphatic rings. The molecule has 0 unspecified atom stereocenters. The summed E-state index contributed by atoms with van der Waals surface area (Å²) in [5.41, 5.74) is 2.04. The molecule has 130 valence electrons. The molecule has 0 aliphatic carbocycles. The maximum absolute atomic E-state index is 5.12. The number of anilines is 2. The topological polar surface area (TPSA) is 50.3 Å². The number of hydrogen-bond donors (Lipinski definition) is 1. The molecular weight excluding hydrogens is 300 g/mol. The van der Waals surface area contributed by atoms with Crippen LogP contribution in [0.25, 0.3) is 11.3 Å². The van der Waals surface area contributed by atoms with E-state index in [1.165, 1.54) is 0 Å². The van der Waals surface area contributed by atoms with Gasteiger partial charge in [-0.2, -0.15) is 4.98 Å². The van der Waals surface area contributed by atoms with Crippen LogP contribution >= 0.6 is 0 Å². The van der Waals surface area contributed by atoms with Gasteiger partial charge in [0.2, 0.25) is 5.95 Å². The normalized spacial score (nSPS) is 10.6. The zero-order valence-electron chi connectivity index (χ0n) is 15.0. The van der Waals surface area contributed by atoms with Crippen molar-refractivity contribution in [2.45, 2.75) is 26.7 Å². The lowest BCUT2D eigenvalue weighted by atomic mass is 10.1. The van der Waals surface area contributed by atoms with Crippen molar-refractivity contribution < 1.29 is 4.74 Å². The molecule has 2 aromatic rings. The smallest absolute Gasteiger partial charge is 0.227 e. The third-order valence-corrected chi connectivity index (χ3v) is 3.67. The van der Waals surface area contributed by atoms with Crippen LogP contribution < -0.4 is 10.2 Å². The Kier molecular flexibility index (Phi) is 7.49. The Morgan fingerprint density at radius 3 is 2.38 bits per heavy atom. The van der Waals surface area contributed by atoms with Gasteiger partial charge in [-0.05, 0) is 12.8 Å². The van der Waals surface area contributed by atoms with E-state index in [1.807, 2.05) is 24.3 Å². The minimum absolute atomic E-state index is 0.646. The first-order valence-corrected chi connectivity index (χ1v) is 8.70. The van der Waals surface area contributed by atoms with Gasteiger partial charge in [-0.25, -0.2) is 4.98 Å². The fraction of sp³-hybridized carbons (Fsp3) is 0.474. The second kappa shape index (κ2) is 9.88. The molecule has 24 heavy (non-hydrogen) atoms. The van der Waals surface area contributed by atoms with Gasteiger partial charge in [-0.1, -0.05) is 44.2 Å². The van der Waals surface area contributed by atoms with E-state index in [-0.39, 0.29) is 0 Å². The van der Waals surface area contributed by atoms with Gasteiger partial charge in [0.15, 0.2) is 0 Å². The molecule has 0 aliphatic heterocycles. The summed E-state index contributed by atoms with van der Waals surface area (Å²) in [6.45, 7) is 7.66. The van der Waals surface area contributed by atoms with Crippen LogP contribution in [0, 0.1) is 0 Å². The summed E-state index contributed by atoms with van der Waals surface area (Å²) in [5, 5.41) is 3.33. The van der Waals surface area contributed by atoms with E-state index in [0.717, 1.165) is 55.5 Å². The van der Waals surface area contributed by atoms with Crippen LogP contribution in [0.1, 0.15) is 26.7 Å². The first-order chi connectivity index (χ1) is 11.8. The maximum atomic E-state index is 5.12. The number of ether oxygens (including phenoxy) is 1. The molecule has 0 bridgehead atoms. The molecule has 0 spiro atoms. The molecule has 5 nitrogen and oxygen atoms in total. The fourth-order valence-electron chi connectivity index (χ4n) is 2.56. The van der Waals surface area contributed by atoms with Crippen LogP contribution in [0.15, 0.2) is 36.4 Å². The number of methoxy groups -OCH3 is 1. The van der Waals surface area contributed by atoms with Crippen molar-refractivity contribution in [3.63, 3.8) is 0 Å². The van der Waals surface area contributed by atoms with E-state index >= 15 is 0 Å². The molecule has 0 amide bonds. The first kappa shape index (κ1) is 18.2. The Hall–Kier alpha value is -2.14. The van der Waals surface area contributed by atoms with Gasteiger partial charge in [-0.3, -0.25) is 0 Å². The van der Waals surface area contributed by atoms with Crippen molar-refractivity contribution in [2.24, 2.45) is 0 Å². The van der Waals surface area contributed by atoms with Gasteiger partial charge in [0.1, 0.15) is 5.82 Å². The molecule has 1 heterocycles. The average molecular weight is 328 g/mol. The molecule has 1 N–H and O–H groups in total. The summed E-state index contributed by atoms with van der Waals surface area (Å²) in [6.07, 6.45) is 2.15. The van der Waals surface area contributed by atoms with Crippen LogP contribution in [0.4, 0.5) is 11.8 Å². The summed E-state index contributed by atoms with van der Waals surface area (Å²) in [5.74, 6) is 1.63. The second-order valence-electron chi connectivity index (χ2n) is 5.71. The maximum Gasteiger partial charge on any atom is 0.227 e. The van der Waals surface area contributed by atoms with Gasteiger partial charge >= 0.3 is 0 Å². The number of nitrogens with zero attached hydrogens (tertiary/aromatic N) is 3. The van der Waals surface area contributed by atoms with Crippen LogP contribution in [-0.2, 0) is 4.74 Å². The molecule has 2 rings (SSSR count). The number of nitrogens with one attached hydrogen (secondary N) is 1. The molecule has 1 aromatic heterocycles. The van der Waals surface area contributed by atoms with Crippen molar-refractivity contribution >= 4 is 11.8 Å². The van der Waals surface area contributed by atoms with Crippen molar-refractivity contribution in [1.29, 1.82) is 0 Å². The van der Waals surface area contributed by atoms with Crippen molar-refractivity contribution in [3.05, 3.63) is 36.4 Å². The Morgan fingerprint density at radius 1 is 1.04 bits per heavy atom. The minimum Gasteiger partial charge on any atom is -0.383 e. The molecule has 0 saturated carbocycles. The second-order valence-corrected chi connectivity index (χ2v) is 5.71. The molecular formula is C19H28N4O. The number of aromatic nitrogens is 2. The van der Waals surface area contributed by atoms with E-state index in [2.05, 4.69) is 36.2 Å². The quantitative estimate of drug-likeness (QED) is 0.672. The highest BCUT2D eigenvalue weighted by Gasteiger charge is 2.12. The molecule has 5 heteroatoms. The Bertz CT molecular complexity index is 598. The molecule has 0 atom stereocenters. The summed E-state index contributed by atoms with van der Waals surface area (Å²) in [7, 11) is 1.70. The average Bonchev–Trinajstić information content (AvgIpc) is 2.62. The van der Waals surface area contributed by atoms with Gasteiger partial charge in [0, 0.05) is 38.4 Å². The summed E-state index contributed by atoms with van der Waals surface area (Å²) >= 11 is 0. The molecule has 0 saturated heterocycles. The van der Waals surface area contributed by atoms with E-state index in [9.17, 15) is 0 Å². The van der Waals surface area contributed by atoms with Crippen LogP contribution in [-0.4, -0.2) is 43.3 Å². The summed E-state index contributed by atoms with van der Waals surface area (Å²) < 4.78 is 5.12. The van der Waals surface area contributed by atoms with Crippen LogP contribution in [0.3, 0.4) is 0 Å². The van der Waals surface area contributed by atoms with Crippen molar-refractivity contribution in [2.75, 3.05) is 43.6 Å². The van der Waals surface area contributed by atoms with Gasteiger partial charge in [-0.15, -0.1) is 0 Å². The lowest BCUT2D eigenvalue weighted by Gasteiger charge is -2.22. The summed E-state index contributed by atoms with van der Waals surface area (Å²) in [4.78, 5) is 11.8. The van der Waals surface area contributed by atoms with E-state index in [1.54, 1.807) is 7.11 Å². The predicted octanol–water partition coefficient (Wildman–Crippen LogP) is 3.83. The SMILES string of the molecule is CCCN(CCC)c1nc(NCCOC)cc(-c2ccccc2)n1. The van der Waals surface area contributed by atoms with Gasteiger partial charge in [0.05, 0.1) is 12.3 Å². The van der Waals surface area contributed by atoms with E-state index < -0.39 is 0 Å². The first-order valence-electron chi connectivity index (χ1n) is 8.70. The predicted molar refractivity (Wildman–Crippen MR) is 101 cm³/mol. The van der Waals surface area contributed by atoms with Crippen molar-refractivity contribution in [1.82, 2.24) is 9.97 Å². The number of rotatable bonds is 10. The zero-order chi connectivity index (χ0) is 17.2. The number of benzene rings is 1. The third-order valence-electron chi connectivity index (χ3n) is 3.67. The molecule has 1 aromatic carbocycles. The highest BCUT2D eigenvalue weighted by molar-refractivity contribution is 5.64. The lowest BCUT2D eigenvalue weighted by molar-refractivity contribution is 0.210. The van der Waals surface area contributed by atoms with E-state index in [4.69, 9.17) is 14.7 Å². The van der Waals surface area contributed by atoms with Gasteiger partial charge in [0.25, 0.3) is 0 Å². The monoisotopic (exact) mass is 328 g/mol. The summed E-state index contributed by atoms with van der Waals surface area (Å²) in [6, 6.07) is 12.2. The Labute approximate surface area is 145 Å². The largest absolute Gasteiger partial charge is 0.383 e. The molecule has 0 radical (unpaired) electrons. The van der Waals surface area contributed by atoms with Crippen LogP contribution in [0.5, 0.6) is 0 Å². The van der Waals surface area contributed by atoms with Crippen molar-refractivity contribution in [3.8, 4) is 11.3 Å². The molecule has 0 fully saturated rings. The third kappa shape index (κ3) is 5.20. The standard InChI is InChI=1S/C19H28N4O/c1-4-12-23(13-5-2)19-21-17(16-9-7-6-8-10-16)15-18(22-19)20-11-14-24-3/h6-10,15H,4-5,11-14H2,1-3H3,(H,20,21,22). The Balaban J connectivity index is 2.35. The minimum atomic E-state index is 0.646. The Morgan fingerprint density at radius 2 is 1.75 bits per heavy atom. The highest BCUT2D eigenvalue weighted by Crippen LogP contribution is 2.23. The number of hydrogen-bond acceptors (Lipinski definition) is 5. The lowest BCUT2D eigenvalue weighted by Crippen LogP contribution is -2.27. The fourth-order valence-corrected chi connectivity index (χ4v) is 2.56. The highest BCUT2D eigenvalue weighted by atomic mass is 16.5.